The minimum atomic E-state index is 0.0594. The summed E-state index contributed by atoms with van der Waals surface area (Å²) in [6.07, 6.45) is 2.23. The van der Waals surface area contributed by atoms with Gasteiger partial charge in [-0.1, -0.05) is 49.5 Å². The Balaban J connectivity index is 1.60. The van der Waals surface area contributed by atoms with Crippen LogP contribution in [0, 0.1) is 15.3 Å². The van der Waals surface area contributed by atoms with Crippen molar-refractivity contribution in [1.82, 2.24) is 24.1 Å². The summed E-state index contributed by atoms with van der Waals surface area (Å²) in [5.41, 5.74) is 2.48. The summed E-state index contributed by atoms with van der Waals surface area (Å²) in [7, 11) is 0. The van der Waals surface area contributed by atoms with E-state index in [1.54, 1.807) is 4.52 Å². The zero-order valence-corrected chi connectivity index (χ0v) is 18.9. The van der Waals surface area contributed by atoms with Crippen LogP contribution < -0.4 is 0 Å². The summed E-state index contributed by atoms with van der Waals surface area (Å²) in [5.74, 6) is 1.24. The number of benzene rings is 2. The molecule has 4 aromatic rings. The molecule has 2 aromatic carbocycles. The minimum Gasteiger partial charge on any atom is -0.338 e. The van der Waals surface area contributed by atoms with Crippen molar-refractivity contribution in [2.75, 3.05) is 13.1 Å². The summed E-state index contributed by atoms with van der Waals surface area (Å²) in [6, 6.07) is 15.7. The zero-order chi connectivity index (χ0) is 21.5. The fourth-order valence-electron chi connectivity index (χ4n) is 4.30. The number of carbonyl (C=O) groups is 1. The van der Waals surface area contributed by atoms with E-state index < -0.39 is 0 Å². The number of likely N-dealkylation sites (tertiary alicyclic amines) is 1. The zero-order valence-electron chi connectivity index (χ0n) is 17.2. The number of aromatic nitrogens is 4. The average molecular weight is 450 g/mol. The average Bonchev–Trinajstić information content (AvgIpc) is 3.09. The van der Waals surface area contributed by atoms with Crippen molar-refractivity contribution < 1.29 is 4.79 Å². The molecule has 1 amide bonds. The van der Waals surface area contributed by atoms with Crippen LogP contribution in [0.2, 0.25) is 0 Å². The van der Waals surface area contributed by atoms with Gasteiger partial charge < -0.3 is 4.90 Å². The van der Waals surface area contributed by atoms with Crippen LogP contribution in [0.25, 0.3) is 16.7 Å². The van der Waals surface area contributed by atoms with Gasteiger partial charge in [-0.05, 0) is 54.7 Å². The highest BCUT2D eigenvalue weighted by molar-refractivity contribution is 7.71. The van der Waals surface area contributed by atoms with Gasteiger partial charge in [-0.15, -0.1) is 0 Å². The summed E-state index contributed by atoms with van der Waals surface area (Å²) < 4.78 is 4.83. The number of nitrogens with zero attached hydrogens (tertiary/aromatic N) is 4. The first-order chi connectivity index (χ1) is 15.0. The Morgan fingerprint density at radius 2 is 2.00 bits per heavy atom. The third kappa shape index (κ3) is 3.70. The molecule has 1 aliphatic rings. The molecule has 31 heavy (non-hydrogen) atoms. The molecular formula is C23H23N5OS2. The van der Waals surface area contributed by atoms with Gasteiger partial charge in [0, 0.05) is 24.0 Å². The Kier molecular flexibility index (Phi) is 5.19. The molecule has 1 saturated heterocycles. The molecule has 6 nitrogen and oxygen atoms in total. The first kappa shape index (κ1) is 20.1. The van der Waals surface area contributed by atoms with Gasteiger partial charge in [-0.25, -0.2) is 9.50 Å². The highest BCUT2D eigenvalue weighted by Gasteiger charge is 2.22. The quantitative estimate of drug-likeness (QED) is 0.448. The van der Waals surface area contributed by atoms with Crippen molar-refractivity contribution in [2.45, 2.75) is 26.3 Å². The van der Waals surface area contributed by atoms with Gasteiger partial charge in [0.25, 0.3) is 5.91 Å². The first-order valence-electron chi connectivity index (χ1n) is 10.5. The van der Waals surface area contributed by atoms with Crippen LogP contribution in [0.1, 0.15) is 35.7 Å². The SMILES string of the molecule is CC1CCCN(C(=O)c2ccc3c(=S)n4[nH]c(=S)n(Cc5ccccc5)c4nc3c2)C1. The van der Waals surface area contributed by atoms with Crippen molar-refractivity contribution in [3.8, 4) is 0 Å². The third-order valence-electron chi connectivity index (χ3n) is 5.92. The predicted molar refractivity (Wildman–Crippen MR) is 127 cm³/mol. The highest BCUT2D eigenvalue weighted by Crippen LogP contribution is 2.22. The summed E-state index contributed by atoms with van der Waals surface area (Å²) in [6.45, 7) is 4.40. The third-order valence-corrected chi connectivity index (χ3v) is 6.63. The lowest BCUT2D eigenvalue weighted by Crippen LogP contribution is -2.39. The van der Waals surface area contributed by atoms with E-state index in [0.717, 1.165) is 30.5 Å². The van der Waals surface area contributed by atoms with E-state index in [2.05, 4.69) is 24.2 Å². The molecule has 1 aliphatic heterocycles. The van der Waals surface area contributed by atoms with Crippen molar-refractivity contribution in [2.24, 2.45) is 5.92 Å². The number of carbonyl (C=O) groups excluding carboxylic acids is 1. The maximum atomic E-state index is 13.1. The van der Waals surface area contributed by atoms with Crippen LogP contribution in [-0.4, -0.2) is 43.1 Å². The van der Waals surface area contributed by atoms with Gasteiger partial charge in [0.15, 0.2) is 4.77 Å². The van der Waals surface area contributed by atoms with E-state index in [0.29, 0.717) is 38.7 Å². The molecule has 0 spiro atoms. The van der Waals surface area contributed by atoms with Gasteiger partial charge in [0.1, 0.15) is 4.64 Å². The first-order valence-corrected chi connectivity index (χ1v) is 11.3. The van der Waals surface area contributed by atoms with Gasteiger partial charge in [0.05, 0.1) is 12.1 Å². The fraction of sp³-hybridized carbons (Fsp3) is 0.304. The number of piperidine rings is 1. The lowest BCUT2D eigenvalue weighted by atomic mass is 9.99. The summed E-state index contributed by atoms with van der Waals surface area (Å²) in [4.78, 5) is 19.9. The standard InChI is InChI=1S/C23H23N5OS2/c1-15-6-5-11-26(13-15)20(29)17-9-10-18-19(12-17)24-22-27(14-16-7-3-2-4-8-16)23(31)25-28(22)21(18)30/h2-4,7-10,12,15H,5-6,11,13-14H2,1H3,(H,25,31). The second-order valence-corrected chi connectivity index (χ2v) is 9.04. The molecule has 3 heterocycles. The Morgan fingerprint density at radius 1 is 1.19 bits per heavy atom. The fourth-order valence-corrected chi connectivity index (χ4v) is 4.84. The van der Waals surface area contributed by atoms with E-state index in [1.807, 2.05) is 45.9 Å². The number of nitrogens with one attached hydrogen (secondary N) is 1. The molecule has 8 heteroatoms. The molecule has 0 aliphatic carbocycles. The second-order valence-electron chi connectivity index (χ2n) is 8.27. The lowest BCUT2D eigenvalue weighted by Gasteiger charge is -2.31. The van der Waals surface area contributed by atoms with Crippen LogP contribution in [-0.2, 0) is 6.54 Å². The molecule has 2 aromatic heterocycles. The smallest absolute Gasteiger partial charge is 0.253 e. The van der Waals surface area contributed by atoms with Gasteiger partial charge in [0.2, 0.25) is 5.78 Å². The van der Waals surface area contributed by atoms with Crippen molar-refractivity contribution in [3.63, 3.8) is 0 Å². The maximum Gasteiger partial charge on any atom is 0.253 e. The van der Waals surface area contributed by atoms with Crippen LogP contribution >= 0.6 is 24.4 Å². The van der Waals surface area contributed by atoms with Crippen molar-refractivity contribution >= 4 is 47.0 Å². The number of hydrogen-bond donors (Lipinski definition) is 1. The molecule has 0 radical (unpaired) electrons. The second kappa shape index (κ2) is 8.01. The Bertz CT molecular complexity index is 1400. The van der Waals surface area contributed by atoms with E-state index in [1.165, 1.54) is 6.42 Å². The van der Waals surface area contributed by atoms with Crippen molar-refractivity contribution in [3.05, 3.63) is 69.1 Å². The Labute approximate surface area is 190 Å². The van der Waals surface area contributed by atoms with E-state index in [-0.39, 0.29) is 5.91 Å². The summed E-state index contributed by atoms with van der Waals surface area (Å²) in [5, 5.41) is 3.97. The van der Waals surface area contributed by atoms with Gasteiger partial charge in [-0.3, -0.25) is 14.5 Å². The predicted octanol–water partition coefficient (Wildman–Crippen LogP) is 5.00. The molecule has 1 unspecified atom stereocenters. The largest absolute Gasteiger partial charge is 0.338 e. The molecule has 1 N–H and O–H groups in total. The molecule has 158 valence electrons. The van der Waals surface area contributed by atoms with Crippen LogP contribution in [0.5, 0.6) is 0 Å². The Hall–Kier alpha value is -2.84. The van der Waals surface area contributed by atoms with E-state index in [9.17, 15) is 4.79 Å². The molecule has 1 fully saturated rings. The molecular weight excluding hydrogens is 426 g/mol. The summed E-state index contributed by atoms with van der Waals surface area (Å²) >= 11 is 11.3. The molecule has 5 rings (SSSR count). The lowest BCUT2D eigenvalue weighted by molar-refractivity contribution is 0.0683. The number of fused-ring (bicyclic) bond motifs is 2. The van der Waals surface area contributed by atoms with Crippen molar-refractivity contribution in [1.29, 1.82) is 0 Å². The van der Waals surface area contributed by atoms with Crippen LogP contribution in [0.4, 0.5) is 0 Å². The van der Waals surface area contributed by atoms with E-state index >= 15 is 0 Å². The topological polar surface area (TPSA) is 58.3 Å². The van der Waals surface area contributed by atoms with Gasteiger partial charge >= 0.3 is 0 Å². The molecule has 0 bridgehead atoms. The van der Waals surface area contributed by atoms with Gasteiger partial charge in [-0.2, -0.15) is 0 Å². The monoisotopic (exact) mass is 449 g/mol. The number of hydrogen-bond acceptors (Lipinski definition) is 4. The van der Waals surface area contributed by atoms with Crippen LogP contribution in [0.15, 0.2) is 48.5 Å². The molecule has 1 atom stereocenters. The van der Waals surface area contributed by atoms with Crippen LogP contribution in [0.3, 0.4) is 0 Å². The Morgan fingerprint density at radius 3 is 2.77 bits per heavy atom. The molecule has 0 saturated carbocycles. The maximum absolute atomic E-state index is 13.1. The normalized spacial score (nSPS) is 16.8. The number of amides is 1. The highest BCUT2D eigenvalue weighted by atomic mass is 32.1. The number of aromatic amines is 1. The number of rotatable bonds is 3. The number of H-pyrrole nitrogens is 1. The van der Waals surface area contributed by atoms with E-state index in [4.69, 9.17) is 29.4 Å². The minimum absolute atomic E-state index is 0.0594.